The van der Waals surface area contributed by atoms with Gasteiger partial charge in [0.15, 0.2) is 0 Å². The molecular formula is C20H20N4O2S2. The molecule has 4 rings (SSSR count). The van der Waals surface area contributed by atoms with Gasteiger partial charge in [-0.2, -0.15) is 0 Å². The van der Waals surface area contributed by atoms with E-state index in [4.69, 9.17) is 0 Å². The molecule has 1 atom stereocenters. The van der Waals surface area contributed by atoms with E-state index >= 15 is 0 Å². The number of thiophene rings is 1. The normalized spacial score (nSPS) is 14.3. The van der Waals surface area contributed by atoms with Crippen LogP contribution in [0.3, 0.4) is 0 Å². The van der Waals surface area contributed by atoms with Gasteiger partial charge in [0.1, 0.15) is 16.2 Å². The average molecular weight is 413 g/mol. The van der Waals surface area contributed by atoms with E-state index in [1.807, 2.05) is 6.07 Å². The Kier molecular flexibility index (Phi) is 5.59. The van der Waals surface area contributed by atoms with Gasteiger partial charge in [-0.15, -0.1) is 11.3 Å². The molecule has 2 heterocycles. The summed E-state index contributed by atoms with van der Waals surface area (Å²) < 4.78 is 0. The second-order valence-electron chi connectivity index (χ2n) is 6.64. The molecule has 3 aromatic rings. The van der Waals surface area contributed by atoms with Crippen LogP contribution in [0.25, 0.3) is 10.2 Å². The molecule has 0 saturated heterocycles. The maximum Gasteiger partial charge on any atom is 0.269 e. The van der Waals surface area contributed by atoms with Crippen LogP contribution in [-0.4, -0.2) is 27.0 Å². The average Bonchev–Trinajstić information content (AvgIpc) is 3.12. The summed E-state index contributed by atoms with van der Waals surface area (Å²) in [5.41, 5.74) is 6.81. The van der Waals surface area contributed by atoms with Gasteiger partial charge in [-0.3, -0.25) is 20.4 Å². The van der Waals surface area contributed by atoms with E-state index in [2.05, 4.69) is 20.8 Å². The molecule has 0 aliphatic heterocycles. The molecule has 6 nitrogen and oxygen atoms in total. The lowest BCUT2D eigenvalue weighted by molar-refractivity contribution is -0.121. The van der Waals surface area contributed by atoms with Crippen LogP contribution in [0.5, 0.6) is 0 Å². The molecular weight excluding hydrogens is 392 g/mol. The number of hydrogen-bond acceptors (Lipinski definition) is 6. The van der Waals surface area contributed by atoms with Gasteiger partial charge in [-0.25, -0.2) is 9.97 Å². The van der Waals surface area contributed by atoms with Crippen molar-refractivity contribution in [3.05, 3.63) is 52.7 Å². The van der Waals surface area contributed by atoms with Crippen LogP contribution in [0.1, 0.15) is 40.6 Å². The van der Waals surface area contributed by atoms with Crippen molar-refractivity contribution in [1.29, 1.82) is 0 Å². The van der Waals surface area contributed by atoms with Crippen LogP contribution in [0.2, 0.25) is 0 Å². The number of hydrazine groups is 1. The Morgan fingerprint density at radius 3 is 2.71 bits per heavy atom. The second-order valence-corrected chi connectivity index (χ2v) is 9.05. The number of aromatic nitrogens is 2. The number of aryl methyl sites for hydroxylation is 2. The quantitative estimate of drug-likeness (QED) is 0.389. The number of hydrogen-bond donors (Lipinski definition) is 2. The van der Waals surface area contributed by atoms with E-state index in [9.17, 15) is 9.59 Å². The lowest BCUT2D eigenvalue weighted by atomic mass is 9.97. The predicted molar refractivity (Wildman–Crippen MR) is 111 cm³/mol. The Bertz CT molecular complexity index is 1020. The Labute approximate surface area is 171 Å². The number of rotatable bonds is 4. The van der Waals surface area contributed by atoms with Crippen LogP contribution in [-0.2, 0) is 17.6 Å². The van der Waals surface area contributed by atoms with E-state index in [1.165, 1.54) is 35.0 Å². The second kappa shape index (κ2) is 8.28. The number of nitrogens with zero attached hydrogens (tertiary/aromatic N) is 2. The summed E-state index contributed by atoms with van der Waals surface area (Å²) in [5.74, 6) is -0.618. The standard InChI is InChI=1S/C20H20N4O2S2/c1-12(17(25)23-24-18(26)13-7-3-2-4-8-13)27-19-16-14-9-5-6-10-15(14)28-20(16)22-11-21-19/h2-4,7-8,11-12H,5-6,9-10H2,1H3,(H,23,25)(H,24,26)/t12-/m0/s1. The number of benzene rings is 1. The molecule has 2 N–H and O–H groups in total. The summed E-state index contributed by atoms with van der Waals surface area (Å²) in [6, 6.07) is 8.77. The molecule has 0 spiro atoms. The van der Waals surface area contributed by atoms with Gasteiger partial charge in [0.2, 0.25) is 0 Å². The molecule has 0 saturated carbocycles. The van der Waals surface area contributed by atoms with E-state index in [0.717, 1.165) is 28.1 Å². The molecule has 0 radical (unpaired) electrons. The van der Waals surface area contributed by atoms with Crippen molar-refractivity contribution in [2.45, 2.75) is 42.9 Å². The fourth-order valence-electron chi connectivity index (χ4n) is 3.25. The summed E-state index contributed by atoms with van der Waals surface area (Å²) in [4.78, 5) is 35.8. The zero-order valence-electron chi connectivity index (χ0n) is 15.4. The molecule has 2 aromatic heterocycles. The van der Waals surface area contributed by atoms with E-state index in [0.29, 0.717) is 5.56 Å². The highest BCUT2D eigenvalue weighted by Gasteiger charge is 2.23. The topological polar surface area (TPSA) is 84.0 Å². The third kappa shape index (κ3) is 3.88. The van der Waals surface area contributed by atoms with Crippen LogP contribution in [0.15, 0.2) is 41.7 Å². The predicted octanol–water partition coefficient (Wildman–Crippen LogP) is 3.51. The molecule has 8 heteroatoms. The molecule has 2 amide bonds. The SMILES string of the molecule is C[C@H](Sc1ncnc2sc3c(c12)CCCC3)C(=O)NNC(=O)c1ccccc1. The fourth-order valence-corrected chi connectivity index (χ4v) is 5.49. The summed E-state index contributed by atoms with van der Waals surface area (Å²) >= 11 is 3.14. The highest BCUT2D eigenvalue weighted by molar-refractivity contribution is 8.00. The molecule has 1 aromatic carbocycles. The van der Waals surface area contributed by atoms with E-state index in [-0.39, 0.29) is 11.8 Å². The fraction of sp³-hybridized carbons (Fsp3) is 0.300. The molecule has 0 bridgehead atoms. The molecule has 0 unspecified atom stereocenters. The third-order valence-electron chi connectivity index (χ3n) is 4.71. The first kappa shape index (κ1) is 18.9. The monoisotopic (exact) mass is 412 g/mol. The maximum absolute atomic E-state index is 12.5. The van der Waals surface area contributed by atoms with Gasteiger partial charge in [-0.05, 0) is 50.3 Å². The van der Waals surface area contributed by atoms with Gasteiger partial charge >= 0.3 is 0 Å². The largest absolute Gasteiger partial charge is 0.272 e. The Morgan fingerprint density at radius 1 is 1.11 bits per heavy atom. The van der Waals surface area contributed by atoms with Crippen molar-refractivity contribution in [3.63, 3.8) is 0 Å². The van der Waals surface area contributed by atoms with Crippen molar-refractivity contribution in [2.24, 2.45) is 0 Å². The molecule has 1 aliphatic rings. The lowest BCUT2D eigenvalue weighted by Crippen LogP contribution is -2.44. The zero-order valence-corrected chi connectivity index (χ0v) is 17.0. The smallest absolute Gasteiger partial charge is 0.269 e. The Balaban J connectivity index is 1.45. The van der Waals surface area contributed by atoms with E-state index in [1.54, 1.807) is 48.9 Å². The van der Waals surface area contributed by atoms with Crippen LogP contribution in [0, 0.1) is 0 Å². The van der Waals surface area contributed by atoms with Crippen molar-refractivity contribution >= 4 is 45.1 Å². The number of amides is 2. The molecule has 1 aliphatic carbocycles. The van der Waals surface area contributed by atoms with Crippen LogP contribution in [0.4, 0.5) is 0 Å². The highest BCUT2D eigenvalue weighted by Crippen LogP contribution is 2.40. The minimum Gasteiger partial charge on any atom is -0.272 e. The van der Waals surface area contributed by atoms with Crippen molar-refractivity contribution < 1.29 is 9.59 Å². The zero-order chi connectivity index (χ0) is 19.5. The van der Waals surface area contributed by atoms with Crippen LogP contribution < -0.4 is 10.9 Å². The van der Waals surface area contributed by atoms with Gasteiger partial charge in [0.05, 0.1) is 5.25 Å². The number of fused-ring (bicyclic) bond motifs is 3. The summed E-state index contributed by atoms with van der Waals surface area (Å²) in [5, 5.41) is 1.52. The van der Waals surface area contributed by atoms with Gasteiger partial charge in [-0.1, -0.05) is 30.0 Å². The Hall–Kier alpha value is -2.45. The van der Waals surface area contributed by atoms with Crippen molar-refractivity contribution in [2.75, 3.05) is 0 Å². The van der Waals surface area contributed by atoms with Gasteiger partial charge < -0.3 is 0 Å². The lowest BCUT2D eigenvalue weighted by Gasteiger charge is -2.14. The molecule has 144 valence electrons. The van der Waals surface area contributed by atoms with Gasteiger partial charge in [0.25, 0.3) is 11.8 Å². The molecule has 0 fully saturated rings. The summed E-state index contributed by atoms with van der Waals surface area (Å²) in [7, 11) is 0. The number of carbonyl (C=O) groups excluding carboxylic acids is 2. The third-order valence-corrected chi connectivity index (χ3v) is 7.01. The summed E-state index contributed by atoms with van der Waals surface area (Å²) in [6.45, 7) is 1.81. The van der Waals surface area contributed by atoms with Crippen LogP contribution >= 0.6 is 23.1 Å². The minimum absolute atomic E-state index is 0.273. The minimum atomic E-state index is -0.409. The summed E-state index contributed by atoms with van der Waals surface area (Å²) in [6.07, 6.45) is 6.11. The maximum atomic E-state index is 12.5. The highest BCUT2D eigenvalue weighted by atomic mass is 32.2. The first-order valence-corrected chi connectivity index (χ1v) is 10.9. The van der Waals surface area contributed by atoms with E-state index < -0.39 is 5.25 Å². The van der Waals surface area contributed by atoms with Crippen molar-refractivity contribution in [1.82, 2.24) is 20.8 Å². The first-order valence-electron chi connectivity index (χ1n) is 9.20. The number of carbonyl (C=O) groups is 2. The first-order chi connectivity index (χ1) is 13.6. The molecule has 28 heavy (non-hydrogen) atoms. The number of nitrogens with one attached hydrogen (secondary N) is 2. The number of thioether (sulfide) groups is 1. The van der Waals surface area contributed by atoms with Gasteiger partial charge in [0, 0.05) is 15.8 Å². The van der Waals surface area contributed by atoms with Crippen molar-refractivity contribution in [3.8, 4) is 0 Å². The Morgan fingerprint density at radius 2 is 1.89 bits per heavy atom.